The molecule has 0 aromatic heterocycles. The van der Waals surface area contributed by atoms with Crippen LogP contribution in [-0.2, 0) is 11.3 Å². The molecule has 5 atom stereocenters. The van der Waals surface area contributed by atoms with Gasteiger partial charge in [-0.05, 0) is 48.6 Å². The predicted octanol–water partition coefficient (Wildman–Crippen LogP) is 4.86. The normalized spacial score (nSPS) is 28.7. The van der Waals surface area contributed by atoms with Gasteiger partial charge in [-0.2, -0.15) is 0 Å². The number of nitrogens with one attached hydrogen (secondary N) is 1. The van der Waals surface area contributed by atoms with Gasteiger partial charge in [-0.1, -0.05) is 61.8 Å². The molecule has 2 aromatic rings. The first kappa shape index (κ1) is 24.1. The minimum Gasteiger partial charge on any atom is -0.384 e. The number of carbonyl (C=O) groups is 1. The Bertz CT molecular complexity index is 1020. The number of fused-ring (bicyclic) bond motifs is 3. The first-order valence-electron chi connectivity index (χ1n) is 11.6. The van der Waals surface area contributed by atoms with Gasteiger partial charge < -0.3 is 10.6 Å². The van der Waals surface area contributed by atoms with E-state index >= 15 is 0 Å². The van der Waals surface area contributed by atoms with E-state index in [4.69, 9.17) is 22.7 Å². The lowest BCUT2D eigenvalue weighted by molar-refractivity contribution is -0.134. The van der Waals surface area contributed by atoms with Gasteiger partial charge in [0.25, 0.3) is 0 Å². The molecule has 33 heavy (non-hydrogen) atoms. The first-order chi connectivity index (χ1) is 15.4. The maximum absolute atomic E-state index is 14.0. The average Bonchev–Trinajstić information content (AvgIpc) is 3.42. The van der Waals surface area contributed by atoms with E-state index < -0.39 is 0 Å². The van der Waals surface area contributed by atoms with Gasteiger partial charge in [-0.3, -0.25) is 15.1 Å². The third kappa shape index (κ3) is 4.05. The number of carbonyl (C=O) groups excluding carboxylic acids is 1. The van der Waals surface area contributed by atoms with Crippen molar-refractivity contribution in [2.75, 3.05) is 6.54 Å². The van der Waals surface area contributed by atoms with Crippen molar-refractivity contribution in [2.24, 2.45) is 23.5 Å². The Balaban J connectivity index is 0.00000259. The van der Waals surface area contributed by atoms with Gasteiger partial charge in [0.2, 0.25) is 5.91 Å². The van der Waals surface area contributed by atoms with Crippen LogP contribution in [0.1, 0.15) is 49.4 Å². The maximum Gasteiger partial charge on any atom is 0.228 e. The number of hydrogen-bond donors (Lipinski definition) is 2. The monoisotopic (exact) mass is 486 g/mol. The number of amides is 1. The quantitative estimate of drug-likeness (QED) is 0.467. The highest BCUT2D eigenvalue weighted by molar-refractivity contribution is 6.30. The minimum atomic E-state index is -0.0248. The van der Waals surface area contributed by atoms with Crippen LogP contribution in [0.25, 0.3) is 0 Å². The minimum absolute atomic E-state index is 0. The van der Waals surface area contributed by atoms with Crippen LogP contribution in [0.5, 0.6) is 0 Å². The lowest BCUT2D eigenvalue weighted by Gasteiger charge is -2.35. The first-order valence-corrected chi connectivity index (χ1v) is 12.0. The van der Waals surface area contributed by atoms with Crippen LogP contribution in [0, 0.1) is 23.2 Å². The number of nitrogen functional groups attached to an aromatic ring is 1. The molecule has 0 bridgehead atoms. The van der Waals surface area contributed by atoms with Crippen LogP contribution in [0.15, 0.2) is 48.5 Å². The van der Waals surface area contributed by atoms with Gasteiger partial charge in [0.1, 0.15) is 5.84 Å². The SMILES string of the molecule is CC(C)[C@@H]1[C@@H]2[C@H](C(=O)N1Cc1ccc(Cl)cc1)[C@H](c1ccc(C(=N)N)cc1)N1CCC[C@@H]21.Cl. The Morgan fingerprint density at radius 3 is 2.42 bits per heavy atom. The molecule has 0 unspecified atom stereocenters. The zero-order chi connectivity index (χ0) is 22.6. The van der Waals surface area contributed by atoms with Crippen molar-refractivity contribution >= 4 is 35.8 Å². The summed E-state index contributed by atoms with van der Waals surface area (Å²) in [4.78, 5) is 18.7. The van der Waals surface area contributed by atoms with E-state index in [0.717, 1.165) is 29.1 Å². The average molecular weight is 487 g/mol. The van der Waals surface area contributed by atoms with Crippen molar-refractivity contribution in [1.29, 1.82) is 5.41 Å². The second-order valence-electron chi connectivity index (χ2n) is 9.86. The molecule has 1 amide bonds. The Morgan fingerprint density at radius 1 is 1.15 bits per heavy atom. The fourth-order valence-electron chi connectivity index (χ4n) is 6.55. The van der Waals surface area contributed by atoms with Crippen LogP contribution >= 0.6 is 24.0 Å². The van der Waals surface area contributed by atoms with Gasteiger partial charge in [0, 0.05) is 41.2 Å². The molecule has 3 fully saturated rings. The molecule has 3 aliphatic heterocycles. The number of rotatable bonds is 5. The van der Waals surface area contributed by atoms with Crippen molar-refractivity contribution < 1.29 is 4.79 Å². The maximum atomic E-state index is 14.0. The summed E-state index contributed by atoms with van der Waals surface area (Å²) < 4.78 is 0. The second-order valence-corrected chi connectivity index (χ2v) is 10.3. The van der Waals surface area contributed by atoms with Crippen molar-refractivity contribution in [3.63, 3.8) is 0 Å². The second kappa shape index (κ2) is 9.28. The summed E-state index contributed by atoms with van der Waals surface area (Å²) in [5, 5.41) is 8.42. The van der Waals surface area contributed by atoms with Crippen LogP contribution in [-0.4, -0.2) is 40.2 Å². The summed E-state index contributed by atoms with van der Waals surface area (Å²) in [6.45, 7) is 6.19. The van der Waals surface area contributed by atoms with Crippen molar-refractivity contribution in [3.8, 4) is 0 Å². The van der Waals surface area contributed by atoms with Crippen LogP contribution < -0.4 is 5.73 Å². The molecule has 2 aromatic carbocycles. The van der Waals surface area contributed by atoms with Crippen molar-refractivity contribution in [2.45, 2.75) is 51.4 Å². The highest BCUT2D eigenvalue weighted by Gasteiger charge is 2.62. The number of nitrogens with zero attached hydrogens (tertiary/aromatic N) is 2. The molecule has 0 aliphatic carbocycles. The number of amidine groups is 1. The summed E-state index contributed by atoms with van der Waals surface area (Å²) >= 11 is 6.09. The number of nitrogens with two attached hydrogens (primary N) is 1. The summed E-state index contributed by atoms with van der Waals surface area (Å²) in [5.41, 5.74) is 8.68. The zero-order valence-corrected chi connectivity index (χ0v) is 20.6. The fraction of sp³-hybridized carbons (Fsp3) is 0.462. The molecule has 0 spiro atoms. The fourth-order valence-corrected chi connectivity index (χ4v) is 6.67. The summed E-state index contributed by atoms with van der Waals surface area (Å²) in [6.07, 6.45) is 2.35. The smallest absolute Gasteiger partial charge is 0.228 e. The molecule has 3 aliphatic rings. The van der Waals surface area contributed by atoms with E-state index in [9.17, 15) is 4.79 Å². The summed E-state index contributed by atoms with van der Waals surface area (Å²) in [7, 11) is 0. The molecular weight excluding hydrogens is 455 g/mol. The molecule has 3 N–H and O–H groups in total. The van der Waals surface area contributed by atoms with Crippen LogP contribution in [0.3, 0.4) is 0 Å². The highest BCUT2D eigenvalue weighted by Crippen LogP contribution is 2.56. The molecule has 3 heterocycles. The summed E-state index contributed by atoms with van der Waals surface area (Å²) in [5.74, 6) is 1.06. The standard InChI is InChI=1S/C26H31ClN4O.ClH/c1-15(2)23-21-20-4-3-13-30(20)24(17-7-9-18(10-8-17)25(28)29)22(21)26(32)31(23)14-16-5-11-19(27)12-6-16;/h5-12,15,20-24H,3-4,13-14H2,1-2H3,(H3,28,29);1H/t20-,21-,22-,23+,24-;/m0./s1. The molecule has 5 rings (SSSR count). The lowest BCUT2D eigenvalue weighted by Crippen LogP contribution is -2.44. The van der Waals surface area contributed by atoms with Gasteiger partial charge in [0.15, 0.2) is 0 Å². The van der Waals surface area contributed by atoms with E-state index in [0.29, 0.717) is 24.4 Å². The van der Waals surface area contributed by atoms with E-state index in [1.54, 1.807) is 0 Å². The Hall–Kier alpha value is -2.08. The van der Waals surface area contributed by atoms with Crippen molar-refractivity contribution in [3.05, 3.63) is 70.2 Å². The van der Waals surface area contributed by atoms with Gasteiger partial charge in [0.05, 0.1) is 5.92 Å². The number of hydrogen-bond acceptors (Lipinski definition) is 3. The van der Waals surface area contributed by atoms with Gasteiger partial charge >= 0.3 is 0 Å². The largest absolute Gasteiger partial charge is 0.384 e. The molecule has 0 radical (unpaired) electrons. The van der Waals surface area contributed by atoms with Crippen LogP contribution in [0.2, 0.25) is 5.02 Å². The Kier molecular flexibility index (Phi) is 6.77. The Morgan fingerprint density at radius 2 is 1.82 bits per heavy atom. The number of benzene rings is 2. The molecule has 7 heteroatoms. The third-order valence-corrected chi connectivity index (χ3v) is 7.99. The summed E-state index contributed by atoms with van der Waals surface area (Å²) in [6, 6.07) is 16.6. The van der Waals surface area contributed by atoms with Gasteiger partial charge in [-0.15, -0.1) is 12.4 Å². The molecule has 0 saturated carbocycles. The molecule has 176 valence electrons. The molecule has 3 saturated heterocycles. The third-order valence-electron chi connectivity index (χ3n) is 7.73. The zero-order valence-electron chi connectivity index (χ0n) is 19.1. The van der Waals surface area contributed by atoms with E-state index in [-0.39, 0.29) is 42.2 Å². The van der Waals surface area contributed by atoms with Crippen LogP contribution in [0.4, 0.5) is 0 Å². The number of likely N-dealkylation sites (tertiary alicyclic amines) is 1. The van der Waals surface area contributed by atoms with E-state index in [1.807, 2.05) is 36.4 Å². The highest BCUT2D eigenvalue weighted by atomic mass is 35.5. The van der Waals surface area contributed by atoms with Crippen molar-refractivity contribution in [1.82, 2.24) is 9.80 Å². The lowest BCUT2D eigenvalue weighted by atomic mass is 9.79. The molecule has 5 nitrogen and oxygen atoms in total. The topological polar surface area (TPSA) is 73.4 Å². The number of halogens is 2. The van der Waals surface area contributed by atoms with E-state index in [1.165, 1.54) is 12.0 Å². The molecular formula is C26H32Cl2N4O. The Labute approximate surface area is 207 Å². The van der Waals surface area contributed by atoms with E-state index in [2.05, 4.69) is 35.8 Å². The van der Waals surface area contributed by atoms with Gasteiger partial charge in [-0.25, -0.2) is 0 Å². The predicted molar refractivity (Wildman–Crippen MR) is 135 cm³/mol.